The van der Waals surface area contributed by atoms with Crippen molar-refractivity contribution in [2.75, 3.05) is 62.2 Å². The van der Waals surface area contributed by atoms with Crippen LogP contribution in [0.5, 0.6) is 5.75 Å². The zero-order valence-corrected chi connectivity index (χ0v) is 28.8. The average Bonchev–Trinajstić information content (AvgIpc) is 3.47. The number of amides is 3. The average molecular weight is 676 g/mol. The number of hydrogen-bond donors (Lipinski definition) is 1. The molecule has 4 aliphatic rings. The number of aromatic nitrogens is 1. The highest BCUT2D eigenvalue weighted by atomic mass is 16.5. The number of nitrogens with one attached hydrogen (secondary N) is 1. The molecule has 4 aliphatic heterocycles. The van der Waals surface area contributed by atoms with Gasteiger partial charge in [0.15, 0.2) is 0 Å². The summed E-state index contributed by atoms with van der Waals surface area (Å²) in [6.07, 6.45) is 4.88. The molecule has 11 nitrogen and oxygen atoms in total. The molecule has 0 saturated carbocycles. The number of piperidine rings is 2. The lowest BCUT2D eigenvalue weighted by Crippen LogP contribution is -2.52. The number of ether oxygens (including phenoxy) is 1. The number of piperazine rings is 1. The monoisotopic (exact) mass is 675 g/mol. The maximum atomic E-state index is 13.0. The molecule has 260 valence electrons. The van der Waals surface area contributed by atoms with Crippen molar-refractivity contribution < 1.29 is 19.1 Å². The Morgan fingerprint density at radius 1 is 0.900 bits per heavy atom. The molecule has 7 rings (SSSR count). The molecule has 0 bridgehead atoms. The van der Waals surface area contributed by atoms with Crippen molar-refractivity contribution in [3.05, 3.63) is 82.5 Å². The maximum Gasteiger partial charge on any atom is 0.255 e. The van der Waals surface area contributed by atoms with E-state index in [-0.39, 0.29) is 24.1 Å². The van der Waals surface area contributed by atoms with Gasteiger partial charge in [-0.25, -0.2) is 4.98 Å². The lowest BCUT2D eigenvalue weighted by atomic mass is 9.89. The molecule has 11 heteroatoms. The molecule has 1 aromatic heterocycles. The summed E-state index contributed by atoms with van der Waals surface area (Å²) in [4.78, 5) is 50.4. The van der Waals surface area contributed by atoms with Gasteiger partial charge >= 0.3 is 0 Å². The number of nitriles is 1. The second kappa shape index (κ2) is 14.9. The van der Waals surface area contributed by atoms with Gasteiger partial charge in [-0.1, -0.05) is 12.1 Å². The molecule has 3 fully saturated rings. The van der Waals surface area contributed by atoms with E-state index in [9.17, 15) is 19.6 Å². The van der Waals surface area contributed by atoms with Gasteiger partial charge in [0.25, 0.3) is 5.91 Å². The molecule has 1 unspecified atom stereocenters. The zero-order chi connectivity index (χ0) is 34.6. The molecular weight excluding hydrogens is 630 g/mol. The molecular formula is C39H45N7O4. The largest absolute Gasteiger partial charge is 0.494 e. The van der Waals surface area contributed by atoms with Gasteiger partial charge in [0.2, 0.25) is 11.8 Å². The zero-order valence-electron chi connectivity index (χ0n) is 28.8. The van der Waals surface area contributed by atoms with Crippen LogP contribution in [0.1, 0.15) is 77.2 Å². The predicted molar refractivity (Wildman–Crippen MR) is 190 cm³/mol. The summed E-state index contributed by atoms with van der Waals surface area (Å²) in [5.41, 5.74) is 5.51. The van der Waals surface area contributed by atoms with Crippen LogP contribution in [-0.4, -0.2) is 91.0 Å². The predicted octanol–water partition coefficient (Wildman–Crippen LogP) is 4.39. The Hall–Kier alpha value is -4.95. The third-order valence-corrected chi connectivity index (χ3v) is 10.7. The van der Waals surface area contributed by atoms with Gasteiger partial charge in [-0.2, -0.15) is 5.26 Å². The highest BCUT2D eigenvalue weighted by Crippen LogP contribution is 2.32. The minimum Gasteiger partial charge on any atom is -0.494 e. The molecule has 50 heavy (non-hydrogen) atoms. The van der Waals surface area contributed by atoms with Gasteiger partial charge in [-0.15, -0.1) is 0 Å². The fourth-order valence-corrected chi connectivity index (χ4v) is 7.73. The molecule has 5 heterocycles. The van der Waals surface area contributed by atoms with E-state index in [1.165, 1.54) is 5.56 Å². The number of hydrogen-bond acceptors (Lipinski definition) is 9. The summed E-state index contributed by atoms with van der Waals surface area (Å²) >= 11 is 0. The van der Waals surface area contributed by atoms with Gasteiger partial charge in [0.05, 0.1) is 17.9 Å². The second-order valence-electron chi connectivity index (χ2n) is 13.9. The quantitative estimate of drug-likeness (QED) is 0.246. The molecule has 0 aliphatic carbocycles. The molecule has 0 radical (unpaired) electrons. The smallest absolute Gasteiger partial charge is 0.255 e. The topological polar surface area (TPSA) is 122 Å². The summed E-state index contributed by atoms with van der Waals surface area (Å²) in [6, 6.07) is 20.1. The van der Waals surface area contributed by atoms with Gasteiger partial charge in [0, 0.05) is 63.5 Å². The van der Waals surface area contributed by atoms with Crippen molar-refractivity contribution >= 4 is 29.2 Å². The standard InChI is InChI=1S/C39H45N7O4/c1-27-30(25-40)6-12-36(41-27)45-17-14-29(15-18-45)28-4-8-33(9-5-28)50-23-3-2-16-43-19-21-44(22-20-43)32-7-10-34-31(24-32)26-46(39(34)49)35-11-13-37(47)42-38(35)48/h4-10,12,24,29,35H,2-3,11,13-23,26H2,1H3,(H,42,47,48). The van der Waals surface area contributed by atoms with Crippen molar-refractivity contribution in [1.82, 2.24) is 20.1 Å². The summed E-state index contributed by atoms with van der Waals surface area (Å²) in [5.74, 6) is 1.64. The van der Waals surface area contributed by atoms with E-state index < -0.39 is 6.04 Å². The fourth-order valence-electron chi connectivity index (χ4n) is 7.73. The summed E-state index contributed by atoms with van der Waals surface area (Å²) in [7, 11) is 0. The van der Waals surface area contributed by atoms with Crippen LogP contribution >= 0.6 is 0 Å². The Morgan fingerprint density at radius 2 is 1.68 bits per heavy atom. The van der Waals surface area contributed by atoms with E-state index in [0.717, 1.165) is 100 Å². The van der Waals surface area contributed by atoms with Crippen molar-refractivity contribution in [3.8, 4) is 11.8 Å². The van der Waals surface area contributed by atoms with Crippen LogP contribution in [0.25, 0.3) is 0 Å². The molecule has 1 atom stereocenters. The minimum absolute atomic E-state index is 0.131. The SMILES string of the molecule is Cc1nc(N2CCC(c3ccc(OCCCCN4CCN(c5ccc6c(c5)CN(C5CCC(=O)NC5=O)C6=O)CC4)cc3)CC2)ccc1C#N. The number of benzene rings is 2. The number of anilines is 2. The number of carbonyl (C=O) groups excluding carboxylic acids is 3. The van der Waals surface area contributed by atoms with E-state index >= 15 is 0 Å². The summed E-state index contributed by atoms with van der Waals surface area (Å²) < 4.78 is 6.09. The Bertz CT molecular complexity index is 1770. The van der Waals surface area contributed by atoms with E-state index in [0.29, 0.717) is 36.6 Å². The molecule has 0 spiro atoms. The highest BCUT2D eigenvalue weighted by Gasteiger charge is 2.39. The number of unbranched alkanes of at least 4 members (excludes halogenated alkanes) is 1. The van der Waals surface area contributed by atoms with Gasteiger partial charge in [0.1, 0.15) is 23.7 Å². The first kappa shape index (κ1) is 33.5. The van der Waals surface area contributed by atoms with Crippen molar-refractivity contribution in [2.45, 2.75) is 64.0 Å². The number of rotatable bonds is 10. The molecule has 1 N–H and O–H groups in total. The van der Waals surface area contributed by atoms with Crippen LogP contribution in [0.3, 0.4) is 0 Å². The van der Waals surface area contributed by atoms with Crippen LogP contribution in [-0.2, 0) is 16.1 Å². The third kappa shape index (κ3) is 7.31. The van der Waals surface area contributed by atoms with E-state index in [1.54, 1.807) is 4.90 Å². The Morgan fingerprint density at radius 3 is 2.40 bits per heavy atom. The molecule has 3 saturated heterocycles. The number of fused-ring (bicyclic) bond motifs is 1. The Labute approximate surface area is 293 Å². The van der Waals surface area contributed by atoms with Crippen LogP contribution in [0.4, 0.5) is 11.5 Å². The number of aryl methyl sites for hydroxylation is 1. The lowest BCUT2D eigenvalue weighted by Gasteiger charge is -2.36. The van der Waals surface area contributed by atoms with Crippen molar-refractivity contribution in [2.24, 2.45) is 0 Å². The van der Waals surface area contributed by atoms with Crippen LogP contribution in [0, 0.1) is 18.3 Å². The van der Waals surface area contributed by atoms with Crippen LogP contribution < -0.4 is 19.9 Å². The first-order chi connectivity index (χ1) is 24.4. The van der Waals surface area contributed by atoms with Gasteiger partial charge in [-0.3, -0.25) is 24.6 Å². The maximum absolute atomic E-state index is 13.0. The molecule has 2 aromatic carbocycles. The molecule has 3 amide bonds. The van der Waals surface area contributed by atoms with E-state index in [1.807, 2.05) is 31.2 Å². The normalized spacial score (nSPS) is 20.1. The Kier molecular flexibility index (Phi) is 9.99. The fraction of sp³-hybridized carbons (Fsp3) is 0.462. The van der Waals surface area contributed by atoms with Crippen LogP contribution in [0.2, 0.25) is 0 Å². The van der Waals surface area contributed by atoms with Crippen molar-refractivity contribution in [1.29, 1.82) is 5.26 Å². The Balaban J connectivity index is 0.795. The van der Waals surface area contributed by atoms with E-state index in [2.05, 4.69) is 61.4 Å². The molecule has 3 aromatic rings. The highest BCUT2D eigenvalue weighted by molar-refractivity contribution is 6.05. The minimum atomic E-state index is -0.588. The second-order valence-corrected chi connectivity index (χ2v) is 13.9. The first-order valence-corrected chi connectivity index (χ1v) is 18.0. The van der Waals surface area contributed by atoms with Crippen LogP contribution in [0.15, 0.2) is 54.6 Å². The van der Waals surface area contributed by atoms with E-state index in [4.69, 9.17) is 4.74 Å². The third-order valence-electron chi connectivity index (χ3n) is 10.7. The number of pyridine rings is 1. The first-order valence-electron chi connectivity index (χ1n) is 18.0. The van der Waals surface area contributed by atoms with Gasteiger partial charge in [-0.05, 0) is 105 Å². The number of nitrogens with zero attached hydrogens (tertiary/aromatic N) is 6. The van der Waals surface area contributed by atoms with Crippen molar-refractivity contribution in [3.63, 3.8) is 0 Å². The summed E-state index contributed by atoms with van der Waals surface area (Å²) in [6.45, 7) is 9.80. The van der Waals surface area contributed by atoms with Gasteiger partial charge < -0.3 is 19.4 Å². The number of imide groups is 1. The number of carbonyl (C=O) groups is 3. The summed E-state index contributed by atoms with van der Waals surface area (Å²) in [5, 5.41) is 11.6. The lowest BCUT2D eigenvalue weighted by molar-refractivity contribution is -0.136.